The van der Waals surface area contributed by atoms with Gasteiger partial charge in [0, 0.05) is 29.2 Å². The van der Waals surface area contributed by atoms with E-state index in [-0.39, 0.29) is 18.0 Å². The summed E-state index contributed by atoms with van der Waals surface area (Å²) >= 11 is 1.81. The van der Waals surface area contributed by atoms with E-state index in [0.29, 0.717) is 0 Å². The highest BCUT2D eigenvalue weighted by Gasteiger charge is 2.21. The maximum absolute atomic E-state index is 12.2. The summed E-state index contributed by atoms with van der Waals surface area (Å²) in [5.41, 5.74) is 1.32. The van der Waals surface area contributed by atoms with Gasteiger partial charge in [-0.3, -0.25) is 10.1 Å². The molecule has 0 fully saturated rings. The molecule has 1 N–H and O–H groups in total. The van der Waals surface area contributed by atoms with Crippen molar-refractivity contribution in [2.75, 3.05) is 13.6 Å². The van der Waals surface area contributed by atoms with Crippen molar-refractivity contribution in [1.82, 2.24) is 10.2 Å². The Labute approximate surface area is 131 Å². The van der Waals surface area contributed by atoms with E-state index in [1.807, 2.05) is 32.2 Å². The standard InChI is InChI=1S/C17H24N2OS/c1-6-19(5)17(20)13(4)18-12(3)16-11(2)14-9-7-8-10-15(14)21-16/h7-10,12-13,18H,6H2,1-5H3. The molecule has 1 heterocycles. The maximum Gasteiger partial charge on any atom is 0.239 e. The lowest BCUT2D eigenvalue weighted by Crippen LogP contribution is -2.43. The quantitative estimate of drug-likeness (QED) is 0.913. The van der Waals surface area contributed by atoms with E-state index in [4.69, 9.17) is 0 Å². The smallest absolute Gasteiger partial charge is 0.239 e. The molecule has 4 heteroatoms. The third kappa shape index (κ3) is 3.27. The minimum Gasteiger partial charge on any atom is -0.345 e. The van der Waals surface area contributed by atoms with Gasteiger partial charge in [0.2, 0.25) is 5.91 Å². The molecule has 1 aromatic carbocycles. The Hall–Kier alpha value is -1.39. The van der Waals surface area contributed by atoms with E-state index in [9.17, 15) is 4.79 Å². The van der Waals surface area contributed by atoms with Crippen LogP contribution in [0.3, 0.4) is 0 Å². The predicted octanol–water partition coefficient (Wildman–Crippen LogP) is 3.73. The second kappa shape index (κ2) is 6.58. The lowest BCUT2D eigenvalue weighted by atomic mass is 10.1. The van der Waals surface area contributed by atoms with Gasteiger partial charge in [-0.15, -0.1) is 11.3 Å². The summed E-state index contributed by atoms with van der Waals surface area (Å²) in [5.74, 6) is 0.142. The van der Waals surface area contributed by atoms with Crippen molar-refractivity contribution < 1.29 is 4.79 Å². The average molecular weight is 304 g/mol. The number of likely N-dealkylation sites (N-methyl/N-ethyl adjacent to an activating group) is 1. The van der Waals surface area contributed by atoms with E-state index in [1.54, 1.807) is 4.90 Å². The summed E-state index contributed by atoms with van der Waals surface area (Å²) in [6.07, 6.45) is 0. The van der Waals surface area contributed by atoms with Crippen molar-refractivity contribution >= 4 is 27.3 Å². The molecule has 0 bridgehead atoms. The topological polar surface area (TPSA) is 32.3 Å². The molecule has 0 spiro atoms. The summed E-state index contributed by atoms with van der Waals surface area (Å²) in [6, 6.07) is 8.47. The zero-order chi connectivity index (χ0) is 15.6. The number of aryl methyl sites for hydroxylation is 1. The number of carbonyl (C=O) groups is 1. The third-order valence-corrected chi connectivity index (χ3v) is 5.45. The fraction of sp³-hybridized carbons (Fsp3) is 0.471. The van der Waals surface area contributed by atoms with E-state index in [0.717, 1.165) is 6.54 Å². The Morgan fingerprint density at radius 1 is 1.33 bits per heavy atom. The van der Waals surface area contributed by atoms with Crippen LogP contribution in [0.2, 0.25) is 0 Å². The van der Waals surface area contributed by atoms with E-state index in [2.05, 4.69) is 43.4 Å². The maximum atomic E-state index is 12.2. The van der Waals surface area contributed by atoms with Gasteiger partial charge in [0.1, 0.15) is 0 Å². The number of hydrogen-bond donors (Lipinski definition) is 1. The number of fused-ring (bicyclic) bond motifs is 1. The molecule has 1 aromatic heterocycles. The summed E-state index contributed by atoms with van der Waals surface area (Å²) in [6.45, 7) is 8.96. The highest BCUT2D eigenvalue weighted by atomic mass is 32.1. The van der Waals surface area contributed by atoms with Crippen molar-refractivity contribution in [1.29, 1.82) is 0 Å². The van der Waals surface area contributed by atoms with E-state index < -0.39 is 0 Å². The molecule has 0 saturated heterocycles. The lowest BCUT2D eigenvalue weighted by Gasteiger charge is -2.23. The SMILES string of the molecule is CCN(C)C(=O)C(C)NC(C)c1sc2ccccc2c1C. The monoisotopic (exact) mass is 304 g/mol. The zero-order valence-electron chi connectivity index (χ0n) is 13.4. The van der Waals surface area contributed by atoms with Crippen LogP contribution < -0.4 is 5.32 Å². The van der Waals surface area contributed by atoms with E-state index >= 15 is 0 Å². The van der Waals surface area contributed by atoms with Gasteiger partial charge in [0.05, 0.1) is 6.04 Å². The van der Waals surface area contributed by atoms with Crippen molar-refractivity contribution in [3.8, 4) is 0 Å². The number of nitrogens with one attached hydrogen (secondary N) is 1. The molecular weight excluding hydrogens is 280 g/mol. The molecule has 3 nitrogen and oxygen atoms in total. The van der Waals surface area contributed by atoms with Gasteiger partial charge in [-0.05, 0) is 44.7 Å². The number of thiophene rings is 1. The van der Waals surface area contributed by atoms with E-state index in [1.165, 1.54) is 20.5 Å². The van der Waals surface area contributed by atoms with Gasteiger partial charge < -0.3 is 4.90 Å². The van der Waals surface area contributed by atoms with Crippen LogP contribution in [-0.2, 0) is 4.79 Å². The van der Waals surface area contributed by atoms with Crippen LogP contribution in [0.15, 0.2) is 24.3 Å². The molecule has 0 saturated carbocycles. The Morgan fingerprint density at radius 2 is 2.00 bits per heavy atom. The molecule has 0 aliphatic carbocycles. The molecule has 0 aliphatic rings. The summed E-state index contributed by atoms with van der Waals surface area (Å²) in [5, 5.41) is 4.75. The third-order valence-electron chi connectivity index (χ3n) is 3.99. The highest BCUT2D eigenvalue weighted by molar-refractivity contribution is 7.19. The molecule has 0 aliphatic heterocycles. The molecular formula is C17H24N2OS. The van der Waals surface area contributed by atoms with Crippen LogP contribution in [0.4, 0.5) is 0 Å². The highest BCUT2D eigenvalue weighted by Crippen LogP contribution is 2.34. The fourth-order valence-electron chi connectivity index (χ4n) is 2.61. The summed E-state index contributed by atoms with van der Waals surface area (Å²) in [4.78, 5) is 15.2. The van der Waals surface area contributed by atoms with Crippen LogP contribution in [0.1, 0.15) is 37.3 Å². The Balaban J connectivity index is 2.17. The van der Waals surface area contributed by atoms with Gasteiger partial charge >= 0.3 is 0 Å². The van der Waals surface area contributed by atoms with Crippen LogP contribution in [0, 0.1) is 6.92 Å². The second-order valence-corrected chi connectivity index (χ2v) is 6.63. The van der Waals surface area contributed by atoms with Crippen LogP contribution in [-0.4, -0.2) is 30.4 Å². The number of rotatable bonds is 5. The van der Waals surface area contributed by atoms with Gasteiger partial charge in [-0.25, -0.2) is 0 Å². The fourth-order valence-corrected chi connectivity index (χ4v) is 3.84. The molecule has 0 radical (unpaired) electrons. The first-order valence-electron chi connectivity index (χ1n) is 7.44. The average Bonchev–Trinajstić information content (AvgIpc) is 2.83. The van der Waals surface area contributed by atoms with Gasteiger partial charge in [-0.2, -0.15) is 0 Å². The van der Waals surface area contributed by atoms with Crippen molar-refractivity contribution in [3.63, 3.8) is 0 Å². The Morgan fingerprint density at radius 3 is 2.62 bits per heavy atom. The lowest BCUT2D eigenvalue weighted by molar-refractivity contribution is -0.131. The summed E-state index contributed by atoms with van der Waals surface area (Å²) in [7, 11) is 1.84. The zero-order valence-corrected chi connectivity index (χ0v) is 14.3. The molecule has 21 heavy (non-hydrogen) atoms. The summed E-state index contributed by atoms with van der Waals surface area (Å²) < 4.78 is 1.31. The van der Waals surface area contributed by atoms with Gasteiger partial charge in [0.25, 0.3) is 0 Å². The van der Waals surface area contributed by atoms with Crippen LogP contribution in [0.25, 0.3) is 10.1 Å². The molecule has 2 rings (SSSR count). The Bertz CT molecular complexity index is 635. The molecule has 2 unspecified atom stereocenters. The first-order chi connectivity index (χ1) is 9.95. The first kappa shape index (κ1) is 16.0. The number of carbonyl (C=O) groups excluding carboxylic acids is 1. The number of benzene rings is 1. The Kier molecular flexibility index (Phi) is 5.01. The van der Waals surface area contributed by atoms with Crippen LogP contribution >= 0.6 is 11.3 Å². The molecule has 2 atom stereocenters. The minimum absolute atomic E-state index is 0.142. The number of amides is 1. The predicted molar refractivity (Wildman–Crippen MR) is 90.9 cm³/mol. The van der Waals surface area contributed by atoms with Crippen molar-refractivity contribution in [2.45, 2.75) is 39.8 Å². The van der Waals surface area contributed by atoms with Crippen molar-refractivity contribution in [2.24, 2.45) is 0 Å². The first-order valence-corrected chi connectivity index (χ1v) is 8.26. The number of nitrogens with zero attached hydrogens (tertiary/aromatic N) is 1. The second-order valence-electron chi connectivity index (χ2n) is 5.55. The number of hydrogen-bond acceptors (Lipinski definition) is 3. The van der Waals surface area contributed by atoms with Gasteiger partial charge in [0.15, 0.2) is 0 Å². The molecule has 2 aromatic rings. The normalized spacial score (nSPS) is 14.1. The molecule has 1 amide bonds. The largest absolute Gasteiger partial charge is 0.345 e. The van der Waals surface area contributed by atoms with Crippen molar-refractivity contribution in [3.05, 3.63) is 34.7 Å². The molecule has 114 valence electrons. The van der Waals surface area contributed by atoms with Crippen LogP contribution in [0.5, 0.6) is 0 Å². The van der Waals surface area contributed by atoms with Gasteiger partial charge in [-0.1, -0.05) is 18.2 Å². The minimum atomic E-state index is -0.172.